The molecule has 0 fully saturated rings. The van der Waals surface area contributed by atoms with Gasteiger partial charge in [-0.05, 0) is 19.1 Å². The number of methoxy groups -OCH3 is 1. The highest BCUT2D eigenvalue weighted by Gasteiger charge is 2.04. The van der Waals surface area contributed by atoms with Crippen molar-refractivity contribution in [3.8, 4) is 0 Å². The average molecular weight is 215 g/mol. The van der Waals surface area contributed by atoms with Crippen molar-refractivity contribution in [1.82, 2.24) is 0 Å². The predicted octanol–water partition coefficient (Wildman–Crippen LogP) is 1.67. The molecular weight excluding hydrogens is 201 g/mol. The smallest absolute Gasteiger partial charge is 0.367 e. The minimum atomic E-state index is -0.958. The Morgan fingerprint density at radius 1 is 1.40 bits per heavy atom. The molecule has 0 bridgehead atoms. The van der Waals surface area contributed by atoms with E-state index in [4.69, 9.17) is 5.73 Å². The van der Waals surface area contributed by atoms with Crippen LogP contribution in [0.5, 0.6) is 0 Å². The maximum atomic E-state index is 11.2. The number of benzene rings is 1. The first-order valence-electron chi connectivity index (χ1n) is 4.28. The monoisotopic (exact) mass is 215 g/mol. The van der Waals surface area contributed by atoms with Crippen LogP contribution in [0.25, 0.3) is 0 Å². The van der Waals surface area contributed by atoms with Crippen LogP contribution in [0.2, 0.25) is 0 Å². The van der Waals surface area contributed by atoms with Gasteiger partial charge in [-0.2, -0.15) is 0 Å². The highest BCUT2D eigenvalue weighted by Crippen LogP contribution is 2.00. The number of hydrogen-bond acceptors (Lipinski definition) is 4. The van der Waals surface area contributed by atoms with E-state index in [2.05, 4.69) is 9.68 Å². The van der Waals surface area contributed by atoms with Crippen molar-refractivity contribution in [2.75, 3.05) is 7.11 Å². The van der Waals surface area contributed by atoms with Gasteiger partial charge in [0.1, 0.15) is 6.23 Å². The lowest BCUT2D eigenvalue weighted by Crippen LogP contribution is -2.15. The molecule has 5 heteroatoms. The fourth-order valence-corrected chi connectivity index (χ4v) is 0.619. The lowest BCUT2D eigenvalue weighted by atomic mass is 10.2. The predicted molar refractivity (Wildman–Crippen MR) is 53.6 cm³/mol. The summed E-state index contributed by atoms with van der Waals surface area (Å²) < 4.78 is 15.8. The molecule has 0 saturated heterocycles. The maximum Gasteiger partial charge on any atom is 0.379 e. The normalized spacial score (nSPS) is 10.9. The zero-order valence-corrected chi connectivity index (χ0v) is 8.64. The van der Waals surface area contributed by atoms with E-state index in [1.54, 1.807) is 32.2 Å². The molecule has 1 aromatic rings. The summed E-state index contributed by atoms with van der Waals surface area (Å²) in [5, 5.41) is 0. The van der Waals surface area contributed by atoms with Gasteiger partial charge in [0.2, 0.25) is 0 Å². The third kappa shape index (κ3) is 6.59. The van der Waals surface area contributed by atoms with Crippen molar-refractivity contribution in [3.63, 3.8) is 0 Å². The summed E-state index contributed by atoms with van der Waals surface area (Å²) >= 11 is 0. The van der Waals surface area contributed by atoms with E-state index in [0.29, 0.717) is 0 Å². The number of halogens is 1. The first-order valence-corrected chi connectivity index (χ1v) is 4.28. The molecule has 1 unspecified atom stereocenters. The molecular formula is C10H14FNO3. The molecule has 0 radical (unpaired) electrons. The fraction of sp³-hybridized carbons (Fsp3) is 0.300. The van der Waals surface area contributed by atoms with Crippen molar-refractivity contribution >= 4 is 5.97 Å². The number of carbonyl (C=O) groups is 1. The summed E-state index contributed by atoms with van der Waals surface area (Å²) in [6.07, 6.45) is -0.116. The van der Waals surface area contributed by atoms with Gasteiger partial charge in [0.15, 0.2) is 0 Å². The minimum absolute atomic E-state index is 0.116. The van der Waals surface area contributed by atoms with E-state index >= 15 is 0 Å². The van der Waals surface area contributed by atoms with Crippen LogP contribution in [0.3, 0.4) is 0 Å². The Morgan fingerprint density at radius 3 is 2.20 bits per heavy atom. The van der Waals surface area contributed by atoms with Crippen LogP contribution in [-0.2, 0) is 9.68 Å². The Kier molecular flexibility index (Phi) is 7.13. The average Bonchev–Trinajstić information content (AvgIpc) is 2.30. The summed E-state index contributed by atoms with van der Waals surface area (Å²) in [5.74, 6) is -0.958. The van der Waals surface area contributed by atoms with Gasteiger partial charge in [-0.3, -0.25) is 0 Å². The standard InChI is InChI=1S/C7H5FO2.C3H9NO/c8-10-7(9)6-4-2-1-3-5-6;1-3(4)5-2/h1-5H;3H,4H2,1-2H3. The number of carbonyl (C=O) groups excluding carboxylic acids is 1. The fourth-order valence-electron chi connectivity index (χ4n) is 0.619. The molecule has 4 nitrogen and oxygen atoms in total. The maximum absolute atomic E-state index is 11.2. The summed E-state index contributed by atoms with van der Waals surface area (Å²) in [6, 6.07) is 7.94. The van der Waals surface area contributed by atoms with Crippen LogP contribution in [0.4, 0.5) is 4.53 Å². The van der Waals surface area contributed by atoms with Gasteiger partial charge in [-0.15, -0.1) is 0 Å². The van der Waals surface area contributed by atoms with Gasteiger partial charge in [0, 0.05) is 11.6 Å². The van der Waals surface area contributed by atoms with E-state index < -0.39 is 5.97 Å². The molecule has 0 aliphatic carbocycles. The SMILES string of the molecule is COC(C)N.O=C(OF)c1ccccc1. The zero-order chi connectivity index (χ0) is 11.7. The van der Waals surface area contributed by atoms with Crippen LogP contribution < -0.4 is 5.73 Å². The van der Waals surface area contributed by atoms with Crippen LogP contribution in [0.15, 0.2) is 30.3 Å². The molecule has 1 rings (SSSR count). The van der Waals surface area contributed by atoms with Crippen molar-refractivity contribution in [2.24, 2.45) is 5.73 Å². The zero-order valence-electron chi connectivity index (χ0n) is 8.64. The van der Waals surface area contributed by atoms with Crippen LogP contribution in [0.1, 0.15) is 17.3 Å². The number of rotatable bonds is 2. The molecule has 0 spiro atoms. The highest BCUT2D eigenvalue weighted by molar-refractivity contribution is 5.88. The first kappa shape index (κ1) is 13.5. The lowest BCUT2D eigenvalue weighted by molar-refractivity contribution is -0.0788. The van der Waals surface area contributed by atoms with Gasteiger partial charge in [-0.25, -0.2) is 9.74 Å². The Labute approximate surface area is 87.7 Å². The van der Waals surface area contributed by atoms with E-state index in [0.717, 1.165) is 0 Å². The topological polar surface area (TPSA) is 61.5 Å². The van der Waals surface area contributed by atoms with Crippen molar-refractivity contribution in [3.05, 3.63) is 35.9 Å². The van der Waals surface area contributed by atoms with Crippen LogP contribution in [-0.4, -0.2) is 19.3 Å². The van der Waals surface area contributed by atoms with Gasteiger partial charge in [0.05, 0.1) is 5.56 Å². The Bertz CT molecular complexity index is 277. The number of nitrogens with two attached hydrogens (primary N) is 1. The summed E-state index contributed by atoms with van der Waals surface area (Å²) in [4.78, 5) is 13.4. The van der Waals surface area contributed by atoms with Crippen LogP contribution >= 0.6 is 0 Å². The molecule has 1 atom stereocenters. The van der Waals surface area contributed by atoms with Gasteiger partial charge in [0.25, 0.3) is 0 Å². The Hall–Kier alpha value is -1.46. The third-order valence-corrected chi connectivity index (χ3v) is 1.45. The summed E-state index contributed by atoms with van der Waals surface area (Å²) in [6.45, 7) is 1.78. The van der Waals surface area contributed by atoms with E-state index in [1.807, 2.05) is 0 Å². The van der Waals surface area contributed by atoms with E-state index in [9.17, 15) is 9.32 Å². The second-order valence-electron chi connectivity index (χ2n) is 2.67. The Morgan fingerprint density at radius 2 is 1.87 bits per heavy atom. The van der Waals surface area contributed by atoms with Gasteiger partial charge < -0.3 is 10.5 Å². The lowest BCUT2D eigenvalue weighted by Gasteiger charge is -1.95. The van der Waals surface area contributed by atoms with Crippen molar-refractivity contribution in [2.45, 2.75) is 13.2 Å². The highest BCUT2D eigenvalue weighted by atomic mass is 19.3. The molecule has 1 aromatic carbocycles. The molecule has 0 aromatic heterocycles. The molecule has 0 aliphatic heterocycles. The second-order valence-corrected chi connectivity index (χ2v) is 2.67. The summed E-state index contributed by atoms with van der Waals surface area (Å²) in [5.41, 5.74) is 5.28. The summed E-state index contributed by atoms with van der Waals surface area (Å²) in [7, 11) is 1.57. The second kappa shape index (κ2) is 7.90. The van der Waals surface area contributed by atoms with Gasteiger partial charge >= 0.3 is 5.97 Å². The molecule has 0 amide bonds. The minimum Gasteiger partial charge on any atom is -0.367 e. The Balaban J connectivity index is 0.000000336. The van der Waals surface area contributed by atoms with Crippen LogP contribution in [0, 0.1) is 0 Å². The van der Waals surface area contributed by atoms with Crippen molar-refractivity contribution < 1.29 is 19.0 Å². The molecule has 0 saturated carbocycles. The molecule has 2 N–H and O–H groups in total. The third-order valence-electron chi connectivity index (χ3n) is 1.45. The molecule has 84 valence electrons. The van der Waals surface area contributed by atoms with E-state index in [1.165, 1.54) is 12.1 Å². The first-order chi connectivity index (χ1) is 7.11. The van der Waals surface area contributed by atoms with E-state index in [-0.39, 0.29) is 11.8 Å². The number of ether oxygens (including phenoxy) is 1. The molecule has 0 heterocycles. The largest absolute Gasteiger partial charge is 0.379 e. The van der Waals surface area contributed by atoms with Crippen molar-refractivity contribution in [1.29, 1.82) is 0 Å². The molecule has 0 aliphatic rings. The quantitative estimate of drug-likeness (QED) is 0.762. The molecule has 15 heavy (non-hydrogen) atoms. The number of hydrogen-bond donors (Lipinski definition) is 1. The van der Waals surface area contributed by atoms with Gasteiger partial charge in [-0.1, -0.05) is 18.2 Å².